The first-order chi connectivity index (χ1) is 6.48. The van der Waals surface area contributed by atoms with E-state index in [2.05, 4.69) is 15.9 Å². The highest BCUT2D eigenvalue weighted by Gasteiger charge is 2.18. The van der Waals surface area contributed by atoms with Crippen LogP contribution in [-0.2, 0) is 9.73 Å². The summed E-state index contributed by atoms with van der Waals surface area (Å²) in [4.78, 5) is 0.370. The summed E-state index contributed by atoms with van der Waals surface area (Å²) < 4.78 is 20.3. The Hall–Kier alpha value is -0.390. The van der Waals surface area contributed by atoms with E-state index in [-0.39, 0.29) is 0 Å². The van der Waals surface area contributed by atoms with Crippen LogP contribution in [0.15, 0.2) is 33.6 Å². The number of aliphatic hydroxyl groups is 1. The summed E-state index contributed by atoms with van der Waals surface area (Å²) in [6, 6.07) is 6.62. The zero-order valence-electron chi connectivity index (χ0n) is 7.74. The van der Waals surface area contributed by atoms with E-state index in [1.54, 1.807) is 31.2 Å². The lowest BCUT2D eigenvalue weighted by Crippen LogP contribution is -2.18. The Bertz CT molecular complexity index is 399. The number of hydrogen-bond donors (Lipinski definition) is 2. The zero-order chi connectivity index (χ0) is 10.8. The van der Waals surface area contributed by atoms with E-state index in [4.69, 9.17) is 4.78 Å². The Morgan fingerprint density at radius 1 is 1.50 bits per heavy atom. The summed E-state index contributed by atoms with van der Waals surface area (Å²) in [6.45, 7) is 1.71. The van der Waals surface area contributed by atoms with Gasteiger partial charge in [-0.15, -0.1) is 0 Å². The Morgan fingerprint density at radius 2 is 2.00 bits per heavy atom. The van der Waals surface area contributed by atoms with Crippen molar-refractivity contribution in [3.63, 3.8) is 0 Å². The SMILES string of the molecule is CCC(O)S(=N)(=O)c1ccc(Br)cc1. The molecule has 0 aliphatic carbocycles. The Labute approximate surface area is 92.3 Å². The van der Waals surface area contributed by atoms with Gasteiger partial charge in [0.15, 0.2) is 0 Å². The molecule has 0 aliphatic heterocycles. The molecular weight excluding hydrogens is 266 g/mol. The van der Waals surface area contributed by atoms with Crippen LogP contribution in [-0.4, -0.2) is 14.8 Å². The summed E-state index contributed by atoms with van der Waals surface area (Å²) >= 11 is 3.25. The van der Waals surface area contributed by atoms with Crippen LogP contribution in [0.25, 0.3) is 0 Å². The summed E-state index contributed by atoms with van der Waals surface area (Å²) in [6.07, 6.45) is 0.318. The molecule has 14 heavy (non-hydrogen) atoms. The molecule has 1 aromatic carbocycles. The average Bonchev–Trinajstić information content (AvgIpc) is 2.17. The fourth-order valence-corrected chi connectivity index (χ4v) is 2.62. The van der Waals surface area contributed by atoms with Crippen LogP contribution in [0.3, 0.4) is 0 Å². The smallest absolute Gasteiger partial charge is 0.141 e. The molecule has 2 atom stereocenters. The first-order valence-electron chi connectivity index (χ1n) is 4.19. The number of halogens is 1. The first kappa shape index (κ1) is 11.7. The van der Waals surface area contributed by atoms with Gasteiger partial charge in [-0.3, -0.25) is 0 Å². The third-order valence-corrected chi connectivity index (χ3v) is 4.50. The maximum atomic E-state index is 11.8. The zero-order valence-corrected chi connectivity index (χ0v) is 10.1. The Balaban J connectivity index is 3.11. The second-order valence-corrected chi connectivity index (χ2v) is 6.05. The van der Waals surface area contributed by atoms with E-state index < -0.39 is 15.2 Å². The van der Waals surface area contributed by atoms with Crippen molar-refractivity contribution in [2.75, 3.05) is 0 Å². The van der Waals surface area contributed by atoms with Crippen LogP contribution < -0.4 is 0 Å². The maximum absolute atomic E-state index is 11.8. The monoisotopic (exact) mass is 277 g/mol. The van der Waals surface area contributed by atoms with Crippen LogP contribution in [0.2, 0.25) is 0 Å². The third kappa shape index (κ3) is 2.34. The van der Waals surface area contributed by atoms with Gasteiger partial charge < -0.3 is 5.11 Å². The van der Waals surface area contributed by atoms with Crippen molar-refractivity contribution >= 4 is 25.7 Å². The molecule has 78 valence electrons. The van der Waals surface area contributed by atoms with Gasteiger partial charge in [-0.1, -0.05) is 22.9 Å². The van der Waals surface area contributed by atoms with Crippen molar-refractivity contribution in [2.24, 2.45) is 0 Å². The predicted octanol–water partition coefficient (Wildman–Crippen LogP) is 2.58. The van der Waals surface area contributed by atoms with Gasteiger partial charge in [0.05, 0.1) is 9.73 Å². The van der Waals surface area contributed by atoms with E-state index in [0.29, 0.717) is 11.3 Å². The molecule has 1 rings (SSSR count). The van der Waals surface area contributed by atoms with Crippen molar-refractivity contribution in [3.8, 4) is 0 Å². The predicted molar refractivity (Wildman–Crippen MR) is 59.6 cm³/mol. The van der Waals surface area contributed by atoms with E-state index in [1.165, 1.54) is 0 Å². The van der Waals surface area contributed by atoms with Crippen LogP contribution in [0, 0.1) is 4.78 Å². The van der Waals surface area contributed by atoms with Gasteiger partial charge in [-0.2, -0.15) is 0 Å². The molecule has 2 N–H and O–H groups in total. The molecular formula is C9H12BrNO2S. The minimum atomic E-state index is -3.07. The molecule has 0 aliphatic rings. The van der Waals surface area contributed by atoms with Crippen molar-refractivity contribution < 1.29 is 9.32 Å². The van der Waals surface area contributed by atoms with Crippen molar-refractivity contribution in [3.05, 3.63) is 28.7 Å². The summed E-state index contributed by atoms with van der Waals surface area (Å²) in [7, 11) is -3.07. The van der Waals surface area contributed by atoms with Gasteiger partial charge in [0, 0.05) is 9.37 Å². The van der Waals surface area contributed by atoms with Crippen LogP contribution in [0.5, 0.6) is 0 Å². The molecule has 3 nitrogen and oxygen atoms in total. The molecule has 0 radical (unpaired) electrons. The molecule has 5 heteroatoms. The van der Waals surface area contributed by atoms with Crippen LogP contribution in [0.1, 0.15) is 13.3 Å². The van der Waals surface area contributed by atoms with Gasteiger partial charge >= 0.3 is 0 Å². The molecule has 0 amide bonds. The standard InChI is InChI=1S/C9H12BrNO2S/c1-2-9(12)14(11,13)8-5-3-7(10)4-6-8/h3-6,9,11-12H,2H2,1H3. The quantitative estimate of drug-likeness (QED) is 0.892. The van der Waals surface area contributed by atoms with Crippen LogP contribution >= 0.6 is 15.9 Å². The van der Waals surface area contributed by atoms with E-state index in [0.717, 1.165) is 4.47 Å². The van der Waals surface area contributed by atoms with Gasteiger partial charge in [-0.05, 0) is 30.7 Å². The lowest BCUT2D eigenvalue weighted by atomic mass is 10.4. The molecule has 0 aromatic heterocycles. The molecule has 1 aromatic rings. The van der Waals surface area contributed by atoms with E-state index >= 15 is 0 Å². The van der Waals surface area contributed by atoms with Gasteiger partial charge in [-0.25, -0.2) is 8.99 Å². The lowest BCUT2D eigenvalue weighted by molar-refractivity contribution is 0.250. The minimum absolute atomic E-state index is 0.318. The second-order valence-electron chi connectivity index (χ2n) is 2.92. The fraction of sp³-hybridized carbons (Fsp3) is 0.333. The normalized spacial score (nSPS) is 17.4. The van der Waals surface area contributed by atoms with Gasteiger partial charge in [0.25, 0.3) is 0 Å². The molecule has 0 spiro atoms. The van der Waals surface area contributed by atoms with Crippen LogP contribution in [0.4, 0.5) is 0 Å². The molecule has 0 bridgehead atoms. The Kier molecular flexibility index (Phi) is 3.69. The molecule has 0 heterocycles. The highest BCUT2D eigenvalue weighted by Crippen LogP contribution is 2.19. The average molecular weight is 278 g/mol. The van der Waals surface area contributed by atoms with Crippen molar-refractivity contribution in [1.82, 2.24) is 0 Å². The summed E-state index contributed by atoms with van der Waals surface area (Å²) in [5, 5.41) is 9.43. The summed E-state index contributed by atoms with van der Waals surface area (Å²) in [5.74, 6) is 0. The number of nitrogens with one attached hydrogen (secondary N) is 1. The number of aliphatic hydroxyl groups excluding tert-OH is 1. The number of benzene rings is 1. The van der Waals surface area contributed by atoms with E-state index in [1.807, 2.05) is 0 Å². The molecule has 0 fully saturated rings. The highest BCUT2D eigenvalue weighted by atomic mass is 79.9. The third-order valence-electron chi connectivity index (χ3n) is 1.90. The largest absolute Gasteiger partial charge is 0.379 e. The Morgan fingerprint density at radius 3 is 2.43 bits per heavy atom. The maximum Gasteiger partial charge on any atom is 0.141 e. The minimum Gasteiger partial charge on any atom is -0.379 e. The fourth-order valence-electron chi connectivity index (χ4n) is 1.03. The van der Waals surface area contributed by atoms with Gasteiger partial charge in [0.2, 0.25) is 0 Å². The molecule has 0 saturated carbocycles. The molecule has 2 unspecified atom stereocenters. The number of rotatable bonds is 3. The number of hydrogen-bond acceptors (Lipinski definition) is 3. The van der Waals surface area contributed by atoms with E-state index in [9.17, 15) is 9.32 Å². The van der Waals surface area contributed by atoms with Gasteiger partial charge in [0.1, 0.15) is 5.44 Å². The summed E-state index contributed by atoms with van der Waals surface area (Å²) in [5.41, 5.74) is -1.09. The molecule has 0 saturated heterocycles. The highest BCUT2D eigenvalue weighted by molar-refractivity contribution is 9.10. The van der Waals surface area contributed by atoms with Crippen molar-refractivity contribution in [1.29, 1.82) is 4.78 Å². The first-order valence-corrected chi connectivity index (χ1v) is 6.61. The lowest BCUT2D eigenvalue weighted by Gasteiger charge is -2.12. The van der Waals surface area contributed by atoms with Crippen molar-refractivity contribution in [2.45, 2.75) is 23.7 Å². The topological polar surface area (TPSA) is 61.1 Å². The second kappa shape index (κ2) is 4.42.